The van der Waals surface area contributed by atoms with Crippen LogP contribution in [0, 0.1) is 0 Å². The Hall–Kier alpha value is -1.41. The fraction of sp³-hybridized carbons (Fsp3) is 0.400. The van der Waals surface area contributed by atoms with Crippen LogP contribution in [0.4, 0.5) is 0 Å². The Morgan fingerprint density at radius 3 is 2.82 bits per heavy atom. The molecule has 0 fully saturated rings. The Morgan fingerprint density at radius 2 is 2.06 bits per heavy atom. The molecule has 0 saturated carbocycles. The Labute approximate surface area is 103 Å². The van der Waals surface area contributed by atoms with E-state index in [2.05, 4.69) is 48.4 Å². The molecular formula is C15H20N2. The zero-order valence-electron chi connectivity index (χ0n) is 10.8. The molecule has 0 spiro atoms. The predicted octanol–water partition coefficient (Wildman–Crippen LogP) is 3.34. The van der Waals surface area contributed by atoms with E-state index in [9.17, 15) is 0 Å². The number of nitrogens with zero attached hydrogens (tertiary/aromatic N) is 1. The van der Waals surface area contributed by atoms with E-state index in [4.69, 9.17) is 0 Å². The lowest BCUT2D eigenvalue weighted by Crippen LogP contribution is -2.23. The molecular weight excluding hydrogens is 208 g/mol. The van der Waals surface area contributed by atoms with Crippen molar-refractivity contribution in [1.82, 2.24) is 10.3 Å². The fourth-order valence-corrected chi connectivity index (χ4v) is 2.34. The van der Waals surface area contributed by atoms with Crippen molar-refractivity contribution in [2.45, 2.75) is 32.2 Å². The zero-order valence-corrected chi connectivity index (χ0v) is 10.8. The van der Waals surface area contributed by atoms with Gasteiger partial charge in [-0.15, -0.1) is 0 Å². The van der Waals surface area contributed by atoms with Gasteiger partial charge in [-0.25, -0.2) is 0 Å². The molecule has 1 aromatic heterocycles. The number of pyridine rings is 1. The highest BCUT2D eigenvalue weighted by molar-refractivity contribution is 5.85. The largest absolute Gasteiger partial charge is 0.317 e. The molecule has 0 radical (unpaired) electrons. The van der Waals surface area contributed by atoms with Crippen LogP contribution in [0.15, 0.2) is 36.7 Å². The summed E-state index contributed by atoms with van der Waals surface area (Å²) >= 11 is 0. The molecule has 2 rings (SSSR count). The van der Waals surface area contributed by atoms with Crippen molar-refractivity contribution >= 4 is 10.8 Å². The number of hydrogen-bond acceptors (Lipinski definition) is 2. The number of rotatable bonds is 4. The van der Waals surface area contributed by atoms with Crippen LogP contribution in [0.5, 0.6) is 0 Å². The van der Waals surface area contributed by atoms with E-state index >= 15 is 0 Å². The van der Waals surface area contributed by atoms with Gasteiger partial charge in [0.2, 0.25) is 0 Å². The molecule has 0 amide bonds. The summed E-state index contributed by atoms with van der Waals surface area (Å²) in [5.74, 6) is 0.547. The molecule has 2 heteroatoms. The van der Waals surface area contributed by atoms with Crippen LogP contribution in [0.1, 0.15) is 31.7 Å². The van der Waals surface area contributed by atoms with Crippen molar-refractivity contribution in [2.24, 2.45) is 0 Å². The van der Waals surface area contributed by atoms with Crippen LogP contribution in [0.3, 0.4) is 0 Å². The molecule has 1 N–H and O–H groups in total. The van der Waals surface area contributed by atoms with Crippen molar-refractivity contribution in [3.63, 3.8) is 0 Å². The van der Waals surface area contributed by atoms with E-state index in [-0.39, 0.29) is 0 Å². The molecule has 0 aliphatic carbocycles. The van der Waals surface area contributed by atoms with E-state index in [0.717, 1.165) is 6.42 Å². The number of fused-ring (bicyclic) bond motifs is 1. The van der Waals surface area contributed by atoms with Gasteiger partial charge < -0.3 is 5.32 Å². The molecule has 0 bridgehead atoms. The second-order valence-corrected chi connectivity index (χ2v) is 4.77. The average molecular weight is 228 g/mol. The number of nitrogens with one attached hydrogen (secondary N) is 1. The zero-order chi connectivity index (χ0) is 12.3. The first-order valence-corrected chi connectivity index (χ1v) is 6.22. The lowest BCUT2D eigenvalue weighted by Gasteiger charge is -2.18. The van der Waals surface area contributed by atoms with Gasteiger partial charge in [-0.3, -0.25) is 4.98 Å². The molecule has 0 aliphatic heterocycles. The maximum Gasteiger partial charge on any atom is 0.0349 e. The van der Waals surface area contributed by atoms with E-state index in [1.807, 2.05) is 19.4 Å². The van der Waals surface area contributed by atoms with E-state index < -0.39 is 0 Å². The van der Waals surface area contributed by atoms with Gasteiger partial charge in [-0.2, -0.15) is 0 Å². The van der Waals surface area contributed by atoms with Crippen LogP contribution in [-0.4, -0.2) is 18.1 Å². The van der Waals surface area contributed by atoms with E-state index in [1.165, 1.54) is 16.3 Å². The standard InChI is InChI=1S/C15H20N2/c1-11(9-12(2)16-3)14-6-4-5-13-7-8-17-10-15(13)14/h4-8,10-12,16H,9H2,1-3H3. The van der Waals surface area contributed by atoms with Crippen LogP contribution in [0.2, 0.25) is 0 Å². The minimum Gasteiger partial charge on any atom is -0.317 e. The summed E-state index contributed by atoms with van der Waals surface area (Å²) < 4.78 is 0. The quantitative estimate of drug-likeness (QED) is 0.868. The van der Waals surface area contributed by atoms with Crippen molar-refractivity contribution in [1.29, 1.82) is 0 Å². The summed E-state index contributed by atoms with van der Waals surface area (Å²) in [5.41, 5.74) is 1.40. The molecule has 2 aromatic rings. The Balaban J connectivity index is 2.34. The SMILES string of the molecule is CNC(C)CC(C)c1cccc2ccncc12. The summed E-state index contributed by atoms with van der Waals surface area (Å²) in [6.07, 6.45) is 4.97. The van der Waals surface area contributed by atoms with Crippen LogP contribution < -0.4 is 5.32 Å². The van der Waals surface area contributed by atoms with Gasteiger partial charge in [-0.05, 0) is 43.3 Å². The third-order valence-corrected chi connectivity index (χ3v) is 3.45. The topological polar surface area (TPSA) is 24.9 Å². The molecule has 1 aromatic carbocycles. The van der Waals surface area contributed by atoms with Crippen LogP contribution in [0.25, 0.3) is 10.8 Å². The molecule has 2 unspecified atom stereocenters. The van der Waals surface area contributed by atoms with Crippen molar-refractivity contribution < 1.29 is 0 Å². The summed E-state index contributed by atoms with van der Waals surface area (Å²) in [7, 11) is 2.02. The number of benzene rings is 1. The Bertz CT molecular complexity index is 488. The monoisotopic (exact) mass is 228 g/mol. The van der Waals surface area contributed by atoms with Crippen molar-refractivity contribution in [2.75, 3.05) is 7.05 Å². The molecule has 90 valence electrons. The maximum atomic E-state index is 4.24. The maximum absolute atomic E-state index is 4.24. The predicted molar refractivity (Wildman–Crippen MR) is 73.3 cm³/mol. The smallest absolute Gasteiger partial charge is 0.0349 e. The second-order valence-electron chi connectivity index (χ2n) is 4.77. The lowest BCUT2D eigenvalue weighted by molar-refractivity contribution is 0.517. The highest BCUT2D eigenvalue weighted by Gasteiger charge is 2.12. The molecule has 0 saturated heterocycles. The average Bonchev–Trinajstić information content (AvgIpc) is 2.37. The van der Waals surface area contributed by atoms with Gasteiger partial charge in [0.05, 0.1) is 0 Å². The van der Waals surface area contributed by atoms with Gasteiger partial charge in [0, 0.05) is 23.8 Å². The van der Waals surface area contributed by atoms with E-state index in [0.29, 0.717) is 12.0 Å². The summed E-state index contributed by atoms with van der Waals surface area (Å²) in [6, 6.07) is 9.12. The fourth-order valence-electron chi connectivity index (χ4n) is 2.34. The summed E-state index contributed by atoms with van der Waals surface area (Å²) in [6.45, 7) is 4.51. The van der Waals surface area contributed by atoms with Gasteiger partial charge in [0.1, 0.15) is 0 Å². The first-order chi connectivity index (χ1) is 8.22. The van der Waals surface area contributed by atoms with Crippen molar-refractivity contribution in [3.8, 4) is 0 Å². The first-order valence-electron chi connectivity index (χ1n) is 6.22. The van der Waals surface area contributed by atoms with Gasteiger partial charge in [-0.1, -0.05) is 25.1 Å². The highest BCUT2D eigenvalue weighted by atomic mass is 14.8. The Morgan fingerprint density at radius 1 is 1.24 bits per heavy atom. The minimum absolute atomic E-state index is 0.539. The van der Waals surface area contributed by atoms with Crippen LogP contribution >= 0.6 is 0 Å². The number of hydrogen-bond donors (Lipinski definition) is 1. The second kappa shape index (κ2) is 5.28. The molecule has 2 nitrogen and oxygen atoms in total. The van der Waals surface area contributed by atoms with E-state index in [1.54, 1.807) is 0 Å². The van der Waals surface area contributed by atoms with Gasteiger partial charge >= 0.3 is 0 Å². The third-order valence-electron chi connectivity index (χ3n) is 3.45. The third kappa shape index (κ3) is 2.64. The molecule has 2 atom stereocenters. The van der Waals surface area contributed by atoms with Crippen LogP contribution in [-0.2, 0) is 0 Å². The normalized spacial score (nSPS) is 14.8. The van der Waals surface area contributed by atoms with Gasteiger partial charge in [0.25, 0.3) is 0 Å². The summed E-state index contributed by atoms with van der Waals surface area (Å²) in [4.78, 5) is 4.24. The first kappa shape index (κ1) is 12.1. The summed E-state index contributed by atoms with van der Waals surface area (Å²) in [5, 5.41) is 5.86. The molecule has 17 heavy (non-hydrogen) atoms. The molecule has 0 aliphatic rings. The highest BCUT2D eigenvalue weighted by Crippen LogP contribution is 2.27. The molecule has 1 heterocycles. The number of aromatic nitrogens is 1. The van der Waals surface area contributed by atoms with Gasteiger partial charge in [0.15, 0.2) is 0 Å². The minimum atomic E-state index is 0.539. The Kier molecular flexibility index (Phi) is 3.75. The lowest BCUT2D eigenvalue weighted by atomic mass is 9.91. The van der Waals surface area contributed by atoms with Crippen molar-refractivity contribution in [3.05, 3.63) is 42.2 Å².